The van der Waals surface area contributed by atoms with Crippen LogP contribution in [-0.2, 0) is 21.7 Å². The predicted molar refractivity (Wildman–Crippen MR) is 118 cm³/mol. The molecule has 1 heterocycles. The maximum Gasteiger partial charge on any atom is 0.397 e. The third-order valence-corrected chi connectivity index (χ3v) is 6.99. The van der Waals surface area contributed by atoms with Gasteiger partial charge in [0.1, 0.15) is 48.0 Å². The zero-order valence-corrected chi connectivity index (χ0v) is 19.4. The molecule has 2 fully saturated rings. The second-order valence-corrected chi connectivity index (χ2v) is 9.33. The van der Waals surface area contributed by atoms with E-state index < -0.39 is 60.8 Å². The Labute approximate surface area is 204 Å². The molecule has 36 heavy (non-hydrogen) atoms. The van der Waals surface area contributed by atoms with E-state index in [1.165, 1.54) is 31.4 Å². The van der Waals surface area contributed by atoms with E-state index in [0.717, 1.165) is 6.07 Å². The smallest absolute Gasteiger partial charge is 0.397 e. The molecule has 2 aromatic carbocycles. The van der Waals surface area contributed by atoms with Gasteiger partial charge in [0.15, 0.2) is 0 Å². The van der Waals surface area contributed by atoms with E-state index >= 15 is 0 Å². The van der Waals surface area contributed by atoms with Crippen molar-refractivity contribution in [2.24, 2.45) is 5.41 Å². The van der Waals surface area contributed by atoms with Crippen LogP contribution in [0.5, 0.6) is 5.75 Å². The Hall–Kier alpha value is -2.28. The number of hydrogen-bond acceptors (Lipinski definition) is 7. The molecule has 1 saturated carbocycles. The lowest BCUT2D eigenvalue weighted by molar-refractivity contribution is -0.366. The summed E-state index contributed by atoms with van der Waals surface area (Å²) in [5.74, 6) is -2.29. The third-order valence-electron chi connectivity index (χ3n) is 6.99. The van der Waals surface area contributed by atoms with E-state index in [4.69, 9.17) is 14.2 Å². The summed E-state index contributed by atoms with van der Waals surface area (Å²) in [6.45, 7) is -1.12. The van der Waals surface area contributed by atoms with Crippen LogP contribution in [0.4, 0.5) is 17.6 Å². The van der Waals surface area contributed by atoms with Crippen LogP contribution in [0.1, 0.15) is 29.5 Å². The molecule has 1 unspecified atom stereocenters. The van der Waals surface area contributed by atoms with Crippen LogP contribution in [0.3, 0.4) is 0 Å². The Balaban J connectivity index is 1.52. The van der Waals surface area contributed by atoms with Crippen LogP contribution in [0.15, 0.2) is 42.5 Å². The van der Waals surface area contributed by atoms with Gasteiger partial charge in [-0.05, 0) is 48.2 Å². The van der Waals surface area contributed by atoms with Crippen LogP contribution in [0.2, 0.25) is 0 Å². The standard InChI is InChI=1S/C25H28F4O7/c1-34-24(22(33)21(32)20(31)19(12-30)36-24)16-4-7-18(26)15(11-16)10-14-2-5-17(6-3-14)35-13-23(8-9-23)25(27,28)29/h2-7,11,19-22,30-33H,8-10,12-13H2,1H3/t19-,20-,21+,22-,24?/m1/s1. The molecule has 2 aliphatic rings. The molecular weight excluding hydrogens is 488 g/mol. The molecule has 4 rings (SSSR count). The van der Waals surface area contributed by atoms with Gasteiger partial charge in [0.2, 0.25) is 5.79 Å². The largest absolute Gasteiger partial charge is 0.493 e. The van der Waals surface area contributed by atoms with Gasteiger partial charge in [-0.2, -0.15) is 13.2 Å². The number of rotatable bonds is 8. The van der Waals surface area contributed by atoms with Gasteiger partial charge in [-0.15, -0.1) is 0 Å². The molecule has 0 aromatic heterocycles. The molecule has 0 spiro atoms. The summed E-state index contributed by atoms with van der Waals surface area (Å²) in [5, 5.41) is 40.5. The quantitative estimate of drug-likeness (QED) is 0.399. The van der Waals surface area contributed by atoms with Crippen LogP contribution < -0.4 is 4.74 Å². The zero-order valence-electron chi connectivity index (χ0n) is 19.4. The molecule has 0 bridgehead atoms. The molecule has 1 saturated heterocycles. The van der Waals surface area contributed by atoms with Crippen molar-refractivity contribution in [3.05, 3.63) is 65.0 Å². The Bertz CT molecular complexity index is 1060. The molecule has 5 atom stereocenters. The number of halogens is 4. The maximum atomic E-state index is 14.7. The van der Waals surface area contributed by atoms with E-state index in [1.807, 2.05) is 0 Å². The molecule has 7 nitrogen and oxygen atoms in total. The lowest BCUT2D eigenvalue weighted by Gasteiger charge is -2.47. The Morgan fingerprint density at radius 3 is 2.25 bits per heavy atom. The minimum absolute atomic E-state index is 0.0423. The first-order chi connectivity index (χ1) is 17.0. The summed E-state index contributed by atoms with van der Waals surface area (Å²) in [6, 6.07) is 10.1. The average molecular weight is 516 g/mol. The summed E-state index contributed by atoms with van der Waals surface area (Å²) in [7, 11) is 1.20. The molecule has 0 radical (unpaired) electrons. The van der Waals surface area contributed by atoms with Gasteiger partial charge in [-0.1, -0.05) is 18.2 Å². The first-order valence-electron chi connectivity index (χ1n) is 11.4. The summed E-state index contributed by atoms with van der Waals surface area (Å²) < 4.78 is 70.3. The summed E-state index contributed by atoms with van der Waals surface area (Å²) in [4.78, 5) is 0. The number of aliphatic hydroxyl groups excluding tert-OH is 4. The highest BCUT2D eigenvalue weighted by Gasteiger charge is 2.64. The molecule has 2 aromatic rings. The van der Waals surface area contributed by atoms with E-state index in [2.05, 4.69) is 0 Å². The molecule has 11 heteroatoms. The van der Waals surface area contributed by atoms with Gasteiger partial charge in [0, 0.05) is 19.1 Å². The SMILES string of the molecule is COC1(c2ccc(F)c(Cc3ccc(OCC4(C(F)(F)F)CC4)cc3)c2)O[C@H](CO)[C@@H](O)[C@H](O)[C@H]1O. The van der Waals surface area contributed by atoms with E-state index in [9.17, 15) is 38.0 Å². The predicted octanol–water partition coefficient (Wildman–Crippen LogP) is 2.41. The number of hydrogen-bond donors (Lipinski definition) is 4. The number of ether oxygens (including phenoxy) is 3. The normalized spacial score (nSPS) is 29.7. The fourth-order valence-corrected chi connectivity index (χ4v) is 4.40. The van der Waals surface area contributed by atoms with Crippen molar-refractivity contribution in [3.63, 3.8) is 0 Å². The Morgan fingerprint density at radius 1 is 1.03 bits per heavy atom. The van der Waals surface area contributed by atoms with Crippen molar-refractivity contribution < 1.29 is 52.2 Å². The van der Waals surface area contributed by atoms with E-state index in [-0.39, 0.29) is 36.1 Å². The summed E-state index contributed by atoms with van der Waals surface area (Å²) >= 11 is 0. The van der Waals surface area contributed by atoms with Crippen molar-refractivity contribution in [1.29, 1.82) is 0 Å². The van der Waals surface area contributed by atoms with Crippen molar-refractivity contribution in [2.75, 3.05) is 20.3 Å². The van der Waals surface area contributed by atoms with Crippen LogP contribution in [0, 0.1) is 11.2 Å². The van der Waals surface area contributed by atoms with Gasteiger partial charge >= 0.3 is 6.18 Å². The number of aliphatic hydroxyl groups is 4. The molecule has 4 N–H and O–H groups in total. The van der Waals surface area contributed by atoms with Crippen LogP contribution in [-0.4, -0.2) is 71.3 Å². The van der Waals surface area contributed by atoms with Gasteiger partial charge < -0.3 is 34.6 Å². The van der Waals surface area contributed by atoms with E-state index in [0.29, 0.717) is 5.56 Å². The van der Waals surface area contributed by atoms with Gasteiger partial charge in [-0.3, -0.25) is 0 Å². The molecule has 1 aliphatic heterocycles. The first kappa shape index (κ1) is 26.8. The monoisotopic (exact) mass is 516 g/mol. The molecule has 0 amide bonds. The van der Waals surface area contributed by atoms with Gasteiger partial charge in [0.05, 0.1) is 6.61 Å². The van der Waals surface area contributed by atoms with Crippen molar-refractivity contribution in [1.82, 2.24) is 0 Å². The summed E-state index contributed by atoms with van der Waals surface area (Å²) in [5.41, 5.74) is -0.809. The fraction of sp³-hybridized carbons (Fsp3) is 0.520. The van der Waals surface area contributed by atoms with Crippen molar-refractivity contribution in [3.8, 4) is 5.75 Å². The summed E-state index contributed by atoms with van der Waals surface area (Å²) in [6.07, 6.45) is -10.4. The van der Waals surface area contributed by atoms with Gasteiger partial charge in [0.25, 0.3) is 0 Å². The Kier molecular flexibility index (Phi) is 7.35. The highest BCUT2D eigenvalue weighted by atomic mass is 19.4. The van der Waals surface area contributed by atoms with Gasteiger partial charge in [-0.25, -0.2) is 4.39 Å². The fourth-order valence-electron chi connectivity index (χ4n) is 4.40. The molecule has 1 aliphatic carbocycles. The lowest BCUT2D eigenvalue weighted by Crippen LogP contribution is -2.64. The number of methoxy groups -OCH3 is 1. The number of alkyl halides is 3. The minimum atomic E-state index is -4.31. The minimum Gasteiger partial charge on any atom is -0.493 e. The lowest BCUT2D eigenvalue weighted by atomic mass is 9.87. The average Bonchev–Trinajstić information content (AvgIpc) is 3.66. The molecule has 198 valence electrons. The van der Waals surface area contributed by atoms with Crippen LogP contribution >= 0.6 is 0 Å². The molecular formula is C25H28F4O7. The maximum absolute atomic E-state index is 14.7. The highest BCUT2D eigenvalue weighted by molar-refractivity contribution is 5.36. The first-order valence-corrected chi connectivity index (χ1v) is 11.4. The second-order valence-electron chi connectivity index (χ2n) is 9.33. The second kappa shape index (κ2) is 9.88. The topological polar surface area (TPSA) is 109 Å². The zero-order chi connectivity index (χ0) is 26.3. The van der Waals surface area contributed by atoms with E-state index in [1.54, 1.807) is 12.1 Å². The third kappa shape index (κ3) is 4.83. The van der Waals surface area contributed by atoms with Crippen LogP contribution in [0.25, 0.3) is 0 Å². The Morgan fingerprint density at radius 2 is 1.69 bits per heavy atom. The highest BCUT2D eigenvalue weighted by Crippen LogP contribution is 2.57. The van der Waals surface area contributed by atoms with Crippen molar-refractivity contribution >= 4 is 0 Å². The number of benzene rings is 2. The van der Waals surface area contributed by atoms with Crippen molar-refractivity contribution in [2.45, 2.75) is 55.6 Å².